The van der Waals surface area contributed by atoms with Gasteiger partial charge in [0.25, 0.3) is 0 Å². The molecule has 0 fully saturated rings. The number of rotatable bonds is 10. The van der Waals surface area contributed by atoms with Crippen molar-refractivity contribution in [3.63, 3.8) is 0 Å². The van der Waals surface area contributed by atoms with Crippen LogP contribution in [0.5, 0.6) is 0 Å². The van der Waals surface area contributed by atoms with Crippen LogP contribution in [0.3, 0.4) is 0 Å². The van der Waals surface area contributed by atoms with Crippen molar-refractivity contribution >= 4 is 5.97 Å². The van der Waals surface area contributed by atoms with Crippen molar-refractivity contribution in [3.8, 4) is 0 Å². The zero-order valence-corrected chi connectivity index (χ0v) is 10.7. The van der Waals surface area contributed by atoms with Gasteiger partial charge >= 0.3 is 5.97 Å². The van der Waals surface area contributed by atoms with Crippen LogP contribution >= 0.6 is 0 Å². The summed E-state index contributed by atoms with van der Waals surface area (Å²) in [5, 5.41) is 9.15. The zero-order valence-electron chi connectivity index (χ0n) is 10.7. The Kier molecular flexibility index (Phi) is 9.24. The minimum absolute atomic E-state index is 0.267. The average molecular weight is 231 g/mol. The van der Waals surface area contributed by atoms with Crippen LogP contribution in [0.4, 0.5) is 0 Å². The van der Waals surface area contributed by atoms with Gasteiger partial charge < -0.3 is 9.84 Å². The molecule has 0 saturated carbocycles. The number of unbranched alkanes of at least 4 members (excludes halogenated alkanes) is 2. The first-order valence-electron chi connectivity index (χ1n) is 6.13. The van der Waals surface area contributed by atoms with Crippen LogP contribution in [-0.4, -0.2) is 48.8 Å². The molecular formula is C12H25NO3. The number of nitrogens with zero attached hydrogens (tertiary/aromatic N) is 1. The molecule has 0 heterocycles. The second kappa shape index (κ2) is 9.60. The second-order valence-electron chi connectivity index (χ2n) is 4.05. The third kappa shape index (κ3) is 6.08. The summed E-state index contributed by atoms with van der Waals surface area (Å²) in [6.45, 7) is 6.19. The van der Waals surface area contributed by atoms with Crippen molar-refractivity contribution in [1.29, 1.82) is 0 Å². The van der Waals surface area contributed by atoms with Crippen molar-refractivity contribution in [3.05, 3.63) is 0 Å². The van der Waals surface area contributed by atoms with E-state index in [1.54, 1.807) is 7.11 Å². The van der Waals surface area contributed by atoms with E-state index >= 15 is 0 Å². The molecule has 0 aliphatic heterocycles. The van der Waals surface area contributed by atoms with Crippen LogP contribution in [0.2, 0.25) is 0 Å². The quantitative estimate of drug-likeness (QED) is 0.624. The third-order valence-corrected chi connectivity index (χ3v) is 2.65. The predicted molar refractivity (Wildman–Crippen MR) is 64.7 cm³/mol. The number of hydrogen-bond donors (Lipinski definition) is 1. The molecule has 0 saturated heterocycles. The molecule has 0 aromatic rings. The zero-order chi connectivity index (χ0) is 12.4. The molecule has 16 heavy (non-hydrogen) atoms. The Morgan fingerprint density at radius 2 is 1.75 bits per heavy atom. The Balaban J connectivity index is 4.33. The highest BCUT2D eigenvalue weighted by Crippen LogP contribution is 2.06. The van der Waals surface area contributed by atoms with Crippen LogP contribution in [-0.2, 0) is 9.53 Å². The Morgan fingerprint density at radius 1 is 1.25 bits per heavy atom. The van der Waals surface area contributed by atoms with Gasteiger partial charge in [-0.2, -0.15) is 0 Å². The van der Waals surface area contributed by atoms with Crippen LogP contribution < -0.4 is 0 Å². The van der Waals surface area contributed by atoms with Crippen molar-refractivity contribution in [2.45, 2.75) is 45.6 Å². The maximum absolute atomic E-state index is 11.1. The number of carboxylic acid groups (broad SMARTS) is 1. The number of ether oxygens (including phenoxy) is 1. The molecule has 4 nitrogen and oxygen atoms in total. The maximum atomic E-state index is 11.1. The largest absolute Gasteiger partial charge is 0.480 e. The summed E-state index contributed by atoms with van der Waals surface area (Å²) in [6.07, 6.45) is 4.25. The standard InChI is InChI=1S/C12H25NO3/c1-4-6-8-13(9-7-5-2)11(10-16-3)12(14)15/h11H,4-10H2,1-3H3,(H,14,15). The van der Waals surface area contributed by atoms with Crippen molar-refractivity contribution < 1.29 is 14.6 Å². The highest BCUT2D eigenvalue weighted by molar-refractivity contribution is 5.73. The van der Waals surface area contributed by atoms with E-state index in [-0.39, 0.29) is 6.61 Å². The smallest absolute Gasteiger partial charge is 0.323 e. The summed E-state index contributed by atoms with van der Waals surface area (Å²) in [6, 6.07) is -0.497. The van der Waals surface area contributed by atoms with Crippen LogP contribution in [0.1, 0.15) is 39.5 Å². The molecule has 4 heteroatoms. The predicted octanol–water partition coefficient (Wildman–Crippen LogP) is 1.99. The lowest BCUT2D eigenvalue weighted by atomic mass is 10.2. The van der Waals surface area contributed by atoms with Gasteiger partial charge in [-0.05, 0) is 25.9 Å². The maximum Gasteiger partial charge on any atom is 0.323 e. The molecule has 0 aliphatic carbocycles. The number of carbonyl (C=O) groups is 1. The first kappa shape index (κ1) is 15.4. The van der Waals surface area contributed by atoms with Crippen LogP contribution in [0.25, 0.3) is 0 Å². The fraction of sp³-hybridized carbons (Fsp3) is 0.917. The lowest BCUT2D eigenvalue weighted by molar-refractivity contribution is -0.145. The van der Waals surface area contributed by atoms with Crippen molar-refractivity contribution in [2.24, 2.45) is 0 Å². The number of carboxylic acids is 1. The highest BCUT2D eigenvalue weighted by atomic mass is 16.5. The third-order valence-electron chi connectivity index (χ3n) is 2.65. The molecule has 0 aliphatic rings. The summed E-state index contributed by atoms with van der Waals surface area (Å²) in [5.74, 6) is -0.783. The normalized spacial score (nSPS) is 13.0. The summed E-state index contributed by atoms with van der Waals surface area (Å²) in [4.78, 5) is 13.2. The average Bonchev–Trinajstić information content (AvgIpc) is 2.26. The molecule has 1 unspecified atom stereocenters. The van der Waals surface area contributed by atoms with E-state index in [1.165, 1.54) is 0 Å². The van der Waals surface area contributed by atoms with E-state index in [9.17, 15) is 4.79 Å². The van der Waals surface area contributed by atoms with E-state index in [4.69, 9.17) is 9.84 Å². The summed E-state index contributed by atoms with van der Waals surface area (Å²) < 4.78 is 4.98. The van der Waals surface area contributed by atoms with E-state index in [2.05, 4.69) is 13.8 Å². The number of hydrogen-bond acceptors (Lipinski definition) is 3. The van der Waals surface area contributed by atoms with Gasteiger partial charge in [-0.1, -0.05) is 26.7 Å². The summed E-state index contributed by atoms with van der Waals surface area (Å²) >= 11 is 0. The molecule has 1 atom stereocenters. The molecule has 0 aromatic carbocycles. The van der Waals surface area contributed by atoms with E-state index in [1.807, 2.05) is 4.90 Å². The monoisotopic (exact) mass is 231 g/mol. The van der Waals surface area contributed by atoms with E-state index in [0.29, 0.717) is 0 Å². The second-order valence-corrected chi connectivity index (χ2v) is 4.05. The van der Waals surface area contributed by atoms with E-state index < -0.39 is 12.0 Å². The Morgan fingerprint density at radius 3 is 2.06 bits per heavy atom. The fourth-order valence-corrected chi connectivity index (χ4v) is 1.64. The molecule has 1 N–H and O–H groups in total. The van der Waals surface area contributed by atoms with Crippen molar-refractivity contribution in [2.75, 3.05) is 26.8 Å². The van der Waals surface area contributed by atoms with Gasteiger partial charge in [-0.25, -0.2) is 0 Å². The Labute approximate surface area is 98.6 Å². The van der Waals surface area contributed by atoms with Gasteiger partial charge in [0.2, 0.25) is 0 Å². The van der Waals surface area contributed by atoms with Gasteiger partial charge in [0.15, 0.2) is 0 Å². The number of methoxy groups -OCH3 is 1. The molecule has 0 bridgehead atoms. The molecule has 0 aromatic heterocycles. The highest BCUT2D eigenvalue weighted by Gasteiger charge is 2.24. The molecule has 0 radical (unpaired) electrons. The van der Waals surface area contributed by atoms with E-state index in [0.717, 1.165) is 38.8 Å². The molecular weight excluding hydrogens is 206 g/mol. The van der Waals surface area contributed by atoms with Gasteiger partial charge in [-0.3, -0.25) is 9.69 Å². The minimum Gasteiger partial charge on any atom is -0.480 e. The fourth-order valence-electron chi connectivity index (χ4n) is 1.64. The molecule has 0 amide bonds. The summed E-state index contributed by atoms with van der Waals surface area (Å²) in [7, 11) is 1.55. The SMILES string of the molecule is CCCCN(CCCC)C(COC)C(=O)O. The summed E-state index contributed by atoms with van der Waals surface area (Å²) in [5.41, 5.74) is 0. The van der Waals surface area contributed by atoms with Crippen LogP contribution in [0, 0.1) is 0 Å². The lowest BCUT2D eigenvalue weighted by Gasteiger charge is -2.28. The number of aliphatic carboxylic acids is 1. The first-order valence-corrected chi connectivity index (χ1v) is 6.13. The topological polar surface area (TPSA) is 49.8 Å². The molecule has 96 valence electrons. The first-order chi connectivity index (χ1) is 7.67. The van der Waals surface area contributed by atoms with Gasteiger partial charge in [-0.15, -0.1) is 0 Å². The Hall–Kier alpha value is -0.610. The minimum atomic E-state index is -0.783. The van der Waals surface area contributed by atoms with Gasteiger partial charge in [0.1, 0.15) is 6.04 Å². The lowest BCUT2D eigenvalue weighted by Crippen LogP contribution is -2.45. The van der Waals surface area contributed by atoms with Gasteiger partial charge in [0.05, 0.1) is 6.61 Å². The molecule has 0 rings (SSSR count). The van der Waals surface area contributed by atoms with Crippen LogP contribution in [0.15, 0.2) is 0 Å². The Bertz CT molecular complexity index is 177. The van der Waals surface area contributed by atoms with Gasteiger partial charge in [0, 0.05) is 7.11 Å². The molecule has 0 spiro atoms. The van der Waals surface area contributed by atoms with Crippen molar-refractivity contribution in [1.82, 2.24) is 4.90 Å².